The molecule has 6 heteroatoms. The van der Waals surface area contributed by atoms with Gasteiger partial charge in [-0.25, -0.2) is 0 Å². The summed E-state index contributed by atoms with van der Waals surface area (Å²) in [7, 11) is 0. The van der Waals surface area contributed by atoms with Gasteiger partial charge >= 0.3 is 6.72 Å². The Morgan fingerprint density at radius 3 is 2.69 bits per heavy atom. The van der Waals surface area contributed by atoms with Crippen molar-refractivity contribution in [1.82, 2.24) is 4.67 Å². The number of amides is 1. The third-order valence-corrected chi connectivity index (χ3v) is 7.87. The highest BCUT2D eigenvalue weighted by molar-refractivity contribution is 8.56. The number of hydrogen-bond donors (Lipinski definition) is 0. The summed E-state index contributed by atoms with van der Waals surface area (Å²) < 4.78 is 19.5. The van der Waals surface area contributed by atoms with Crippen LogP contribution < -0.4 is 0 Å². The first-order valence-electron chi connectivity index (χ1n) is 5.77. The predicted octanol–water partition coefficient (Wildman–Crippen LogP) is 3.29. The molecule has 0 aromatic heterocycles. The fourth-order valence-electron chi connectivity index (χ4n) is 1.51. The van der Waals surface area contributed by atoms with Crippen LogP contribution in [0.2, 0.25) is 0 Å². The third kappa shape index (κ3) is 3.25. The summed E-state index contributed by atoms with van der Waals surface area (Å²) in [5, 5.41) is 0.241. The van der Waals surface area contributed by atoms with Crippen LogP contribution in [0.4, 0.5) is 0 Å². The maximum absolute atomic E-state index is 12.6. The number of carbonyl (C=O) groups is 1. The Balaban J connectivity index is 2.78. The average molecular weight is 265 g/mol. The van der Waals surface area contributed by atoms with Gasteiger partial charge in [0.05, 0.1) is 6.61 Å². The fraction of sp³-hybridized carbons (Fsp3) is 0.900. The number of nitrogens with zero attached hydrogens (tertiary/aromatic N) is 1. The molecule has 0 aliphatic carbocycles. The lowest BCUT2D eigenvalue weighted by atomic mass is 10.4. The van der Waals surface area contributed by atoms with Crippen molar-refractivity contribution in [2.75, 3.05) is 13.2 Å². The van der Waals surface area contributed by atoms with Gasteiger partial charge in [-0.15, -0.1) is 0 Å². The Labute approximate surface area is 101 Å². The summed E-state index contributed by atoms with van der Waals surface area (Å²) in [6, 6.07) is 0. The molecule has 0 N–H and O–H groups in total. The summed E-state index contributed by atoms with van der Waals surface area (Å²) in [6.07, 6.45) is 2.21. The molecule has 4 nitrogen and oxygen atoms in total. The molecule has 0 radical (unpaired) electrons. The van der Waals surface area contributed by atoms with Crippen molar-refractivity contribution < 1.29 is 13.9 Å². The minimum absolute atomic E-state index is 0.0346. The first-order valence-corrected chi connectivity index (χ1v) is 8.83. The van der Waals surface area contributed by atoms with E-state index in [1.54, 1.807) is 0 Å². The lowest BCUT2D eigenvalue weighted by Crippen LogP contribution is -2.22. The van der Waals surface area contributed by atoms with Crippen LogP contribution in [0.3, 0.4) is 0 Å². The Bertz CT molecular complexity index is 298. The molecule has 2 atom stereocenters. The lowest BCUT2D eigenvalue weighted by Gasteiger charge is -2.27. The smallest absolute Gasteiger partial charge is 0.306 e. The number of rotatable bonds is 6. The van der Waals surface area contributed by atoms with Gasteiger partial charge in [0.1, 0.15) is 0 Å². The monoisotopic (exact) mass is 265 g/mol. The van der Waals surface area contributed by atoms with E-state index in [2.05, 4.69) is 0 Å². The normalized spacial score (nSPS) is 22.2. The second kappa shape index (κ2) is 6.08. The van der Waals surface area contributed by atoms with Gasteiger partial charge in [-0.05, 0) is 31.1 Å². The quantitative estimate of drug-likeness (QED) is 0.691. The Kier molecular flexibility index (Phi) is 5.35. The van der Waals surface area contributed by atoms with Crippen LogP contribution in [0, 0.1) is 0 Å². The molecule has 1 rings (SSSR count). The van der Waals surface area contributed by atoms with Gasteiger partial charge in [-0.3, -0.25) is 14.0 Å². The summed E-state index contributed by atoms with van der Waals surface area (Å²) in [5.74, 6) is -0.0346. The molecule has 16 heavy (non-hydrogen) atoms. The molecule has 1 saturated heterocycles. The standard InChI is InChI=1S/C10H20NO3PS/c1-4-9(3)16-15(13,14-5-2)11-8-6-7-10(11)12/h9H,4-8H2,1-3H3. The Hall–Kier alpha value is 0.0100. The zero-order chi connectivity index (χ0) is 12.2. The molecule has 0 aromatic carbocycles. The van der Waals surface area contributed by atoms with Crippen LogP contribution in [-0.2, 0) is 13.9 Å². The summed E-state index contributed by atoms with van der Waals surface area (Å²) >= 11 is 1.31. The van der Waals surface area contributed by atoms with E-state index in [9.17, 15) is 9.36 Å². The van der Waals surface area contributed by atoms with E-state index in [1.807, 2.05) is 20.8 Å². The van der Waals surface area contributed by atoms with Gasteiger partial charge in [0.15, 0.2) is 0 Å². The largest absolute Gasteiger partial charge is 0.356 e. The van der Waals surface area contributed by atoms with Crippen molar-refractivity contribution in [3.05, 3.63) is 0 Å². The molecular formula is C10H20NO3PS. The van der Waals surface area contributed by atoms with Crippen LogP contribution in [0.5, 0.6) is 0 Å². The van der Waals surface area contributed by atoms with Gasteiger partial charge < -0.3 is 4.52 Å². The highest BCUT2D eigenvalue weighted by Crippen LogP contribution is 2.65. The third-order valence-electron chi connectivity index (χ3n) is 2.52. The van der Waals surface area contributed by atoms with E-state index in [4.69, 9.17) is 4.52 Å². The highest BCUT2D eigenvalue weighted by atomic mass is 32.7. The van der Waals surface area contributed by atoms with Gasteiger partial charge in [0, 0.05) is 18.2 Å². The maximum atomic E-state index is 12.6. The van der Waals surface area contributed by atoms with Gasteiger partial charge in [0.2, 0.25) is 5.91 Å². The number of carbonyl (C=O) groups excluding carboxylic acids is 1. The van der Waals surface area contributed by atoms with Crippen LogP contribution in [0.15, 0.2) is 0 Å². The SMILES string of the molecule is CCOP(=O)(SC(C)CC)N1CCCC1=O. The molecule has 0 aromatic rings. The van der Waals surface area contributed by atoms with Crippen LogP contribution in [-0.4, -0.2) is 29.0 Å². The van der Waals surface area contributed by atoms with Crippen LogP contribution in [0.25, 0.3) is 0 Å². The molecule has 94 valence electrons. The van der Waals surface area contributed by atoms with Crippen molar-refractivity contribution in [2.24, 2.45) is 0 Å². The van der Waals surface area contributed by atoms with Gasteiger partial charge in [-0.2, -0.15) is 0 Å². The first-order chi connectivity index (χ1) is 7.53. The Morgan fingerprint density at radius 1 is 1.56 bits per heavy atom. The van der Waals surface area contributed by atoms with E-state index in [1.165, 1.54) is 16.1 Å². The molecule has 0 bridgehead atoms. The van der Waals surface area contributed by atoms with Crippen molar-refractivity contribution in [3.63, 3.8) is 0 Å². The zero-order valence-electron chi connectivity index (χ0n) is 10.1. The minimum atomic E-state index is -3.00. The van der Waals surface area contributed by atoms with Crippen LogP contribution in [0.1, 0.15) is 40.0 Å². The molecule has 0 spiro atoms. The Morgan fingerprint density at radius 2 is 2.25 bits per heavy atom. The van der Waals surface area contributed by atoms with Crippen molar-refractivity contribution in [1.29, 1.82) is 0 Å². The summed E-state index contributed by atoms with van der Waals surface area (Å²) in [5.41, 5.74) is 0. The predicted molar refractivity (Wildman–Crippen MR) is 67.5 cm³/mol. The molecule has 0 saturated carbocycles. The van der Waals surface area contributed by atoms with Crippen LogP contribution >= 0.6 is 18.1 Å². The molecular weight excluding hydrogens is 245 g/mol. The molecule has 1 heterocycles. The topological polar surface area (TPSA) is 46.6 Å². The van der Waals surface area contributed by atoms with E-state index in [0.29, 0.717) is 19.6 Å². The maximum Gasteiger partial charge on any atom is 0.356 e. The van der Waals surface area contributed by atoms with Crippen molar-refractivity contribution in [3.8, 4) is 0 Å². The van der Waals surface area contributed by atoms with Gasteiger partial charge in [-0.1, -0.05) is 13.8 Å². The number of hydrogen-bond acceptors (Lipinski definition) is 4. The van der Waals surface area contributed by atoms with E-state index < -0.39 is 6.72 Å². The molecule has 2 unspecified atom stereocenters. The molecule has 1 amide bonds. The summed E-state index contributed by atoms with van der Waals surface area (Å²) in [6.45, 7) is 3.82. The van der Waals surface area contributed by atoms with Gasteiger partial charge in [0.25, 0.3) is 0 Å². The van der Waals surface area contributed by atoms with E-state index >= 15 is 0 Å². The summed E-state index contributed by atoms with van der Waals surface area (Å²) in [4.78, 5) is 11.6. The molecule has 1 aliphatic rings. The van der Waals surface area contributed by atoms with E-state index in [0.717, 1.165) is 12.8 Å². The van der Waals surface area contributed by atoms with E-state index in [-0.39, 0.29) is 11.2 Å². The minimum Gasteiger partial charge on any atom is -0.306 e. The zero-order valence-corrected chi connectivity index (χ0v) is 11.9. The lowest BCUT2D eigenvalue weighted by molar-refractivity contribution is -0.124. The average Bonchev–Trinajstić information content (AvgIpc) is 2.65. The second-order valence-electron chi connectivity index (χ2n) is 3.83. The highest BCUT2D eigenvalue weighted by Gasteiger charge is 2.39. The fourth-order valence-corrected chi connectivity index (χ4v) is 6.69. The van der Waals surface area contributed by atoms with Crippen molar-refractivity contribution >= 4 is 24.0 Å². The first kappa shape index (κ1) is 14.1. The second-order valence-corrected chi connectivity index (χ2v) is 8.54. The molecule has 1 fully saturated rings. The molecule has 1 aliphatic heterocycles. The van der Waals surface area contributed by atoms with Crippen molar-refractivity contribution in [2.45, 2.75) is 45.3 Å².